The smallest absolute Gasteiger partial charge is 0.228 e. The average molecular weight is 451 g/mol. The first-order valence-electron chi connectivity index (χ1n) is 11.1. The van der Waals surface area contributed by atoms with E-state index >= 15 is 0 Å². The molecular weight excluding hydrogens is 420 g/mol. The summed E-state index contributed by atoms with van der Waals surface area (Å²) in [5, 5.41) is 7.29. The Hall–Kier alpha value is -3.36. The summed E-state index contributed by atoms with van der Waals surface area (Å²) in [6.07, 6.45) is 2.03. The molecule has 2 heterocycles. The van der Waals surface area contributed by atoms with E-state index in [1.807, 2.05) is 55.6 Å². The Kier molecular flexibility index (Phi) is 7.59. The Morgan fingerprint density at radius 3 is 2.61 bits per heavy atom. The molecule has 0 saturated carbocycles. The van der Waals surface area contributed by atoms with E-state index < -0.39 is 0 Å². The van der Waals surface area contributed by atoms with Gasteiger partial charge in [0.15, 0.2) is 0 Å². The summed E-state index contributed by atoms with van der Waals surface area (Å²) in [6, 6.07) is 15.1. The SMILES string of the molecule is COc1ccc(CC(=O)Nc2ccc(OCCN3CCOCC3)c(-c3ccnn3C)c2)cc1. The highest BCUT2D eigenvalue weighted by Crippen LogP contribution is 2.32. The van der Waals surface area contributed by atoms with Crippen LogP contribution in [-0.2, 0) is 23.0 Å². The number of morpholine rings is 1. The van der Waals surface area contributed by atoms with Crippen LogP contribution in [-0.4, -0.2) is 67.2 Å². The fraction of sp³-hybridized carbons (Fsp3) is 0.360. The van der Waals surface area contributed by atoms with Crippen molar-refractivity contribution in [1.82, 2.24) is 14.7 Å². The van der Waals surface area contributed by atoms with Gasteiger partial charge in [-0.2, -0.15) is 5.10 Å². The number of benzene rings is 2. The van der Waals surface area contributed by atoms with Gasteiger partial charge in [0.2, 0.25) is 5.91 Å². The third kappa shape index (κ3) is 6.12. The number of amides is 1. The standard InChI is InChI=1S/C25H30N4O4/c1-28-23(9-10-26-28)22-18-20(27-25(30)17-19-3-6-21(31-2)7-4-19)5-8-24(22)33-16-13-29-11-14-32-15-12-29/h3-10,18H,11-17H2,1-2H3,(H,27,30). The quantitative estimate of drug-likeness (QED) is 0.540. The predicted octanol–water partition coefficient (Wildman–Crippen LogP) is 2.99. The summed E-state index contributed by atoms with van der Waals surface area (Å²) >= 11 is 0. The zero-order valence-electron chi connectivity index (χ0n) is 19.1. The van der Waals surface area contributed by atoms with Crippen LogP contribution in [0.2, 0.25) is 0 Å². The Morgan fingerprint density at radius 1 is 1.12 bits per heavy atom. The number of nitrogens with zero attached hydrogens (tertiary/aromatic N) is 3. The topological polar surface area (TPSA) is 77.8 Å². The number of aromatic nitrogens is 2. The van der Waals surface area contributed by atoms with Crippen LogP contribution in [0.3, 0.4) is 0 Å². The van der Waals surface area contributed by atoms with Gasteiger partial charge in [0.05, 0.1) is 32.4 Å². The van der Waals surface area contributed by atoms with E-state index in [1.165, 1.54) is 0 Å². The Bertz CT molecular complexity index is 1060. The number of carbonyl (C=O) groups excluding carboxylic acids is 1. The van der Waals surface area contributed by atoms with Crippen LogP contribution in [0.25, 0.3) is 11.3 Å². The van der Waals surface area contributed by atoms with E-state index in [1.54, 1.807) is 18.0 Å². The molecule has 0 spiro atoms. The summed E-state index contributed by atoms with van der Waals surface area (Å²) in [4.78, 5) is 15.0. The van der Waals surface area contributed by atoms with Crippen molar-refractivity contribution >= 4 is 11.6 Å². The van der Waals surface area contributed by atoms with Crippen LogP contribution in [0.5, 0.6) is 11.5 Å². The second-order valence-corrected chi connectivity index (χ2v) is 7.93. The average Bonchev–Trinajstić information content (AvgIpc) is 3.26. The third-order valence-corrected chi connectivity index (χ3v) is 5.65. The van der Waals surface area contributed by atoms with Crippen LogP contribution < -0.4 is 14.8 Å². The van der Waals surface area contributed by atoms with Crippen LogP contribution in [0.1, 0.15) is 5.56 Å². The summed E-state index contributed by atoms with van der Waals surface area (Å²) in [5.41, 5.74) is 3.44. The number of hydrogen-bond acceptors (Lipinski definition) is 6. The van der Waals surface area contributed by atoms with Crippen molar-refractivity contribution in [2.75, 3.05) is 51.9 Å². The van der Waals surface area contributed by atoms with E-state index in [2.05, 4.69) is 15.3 Å². The zero-order valence-corrected chi connectivity index (χ0v) is 19.1. The Labute approximate surface area is 194 Å². The van der Waals surface area contributed by atoms with Gasteiger partial charge in [-0.1, -0.05) is 12.1 Å². The molecule has 0 bridgehead atoms. The minimum Gasteiger partial charge on any atom is -0.497 e. The van der Waals surface area contributed by atoms with E-state index in [0.29, 0.717) is 12.3 Å². The van der Waals surface area contributed by atoms with Gasteiger partial charge in [0, 0.05) is 44.1 Å². The molecule has 1 N–H and O–H groups in total. The molecule has 4 rings (SSSR count). The molecule has 3 aromatic rings. The van der Waals surface area contributed by atoms with Crippen molar-refractivity contribution in [3.63, 3.8) is 0 Å². The maximum atomic E-state index is 12.6. The van der Waals surface area contributed by atoms with Crippen molar-refractivity contribution in [2.24, 2.45) is 7.05 Å². The van der Waals surface area contributed by atoms with Crippen LogP contribution in [0.4, 0.5) is 5.69 Å². The molecule has 1 saturated heterocycles. The van der Waals surface area contributed by atoms with Crippen molar-refractivity contribution in [2.45, 2.75) is 6.42 Å². The van der Waals surface area contributed by atoms with Gasteiger partial charge in [-0.25, -0.2) is 0 Å². The van der Waals surface area contributed by atoms with Gasteiger partial charge < -0.3 is 19.5 Å². The molecular formula is C25H30N4O4. The number of carbonyl (C=O) groups is 1. The number of nitrogens with one attached hydrogen (secondary N) is 1. The highest BCUT2D eigenvalue weighted by molar-refractivity contribution is 5.93. The summed E-state index contributed by atoms with van der Waals surface area (Å²) < 4.78 is 18.5. The largest absolute Gasteiger partial charge is 0.497 e. The number of methoxy groups -OCH3 is 1. The molecule has 2 aromatic carbocycles. The molecule has 1 aliphatic heterocycles. The first kappa shape index (κ1) is 22.8. The minimum absolute atomic E-state index is 0.0860. The highest BCUT2D eigenvalue weighted by atomic mass is 16.5. The number of hydrogen-bond donors (Lipinski definition) is 1. The van der Waals surface area contributed by atoms with E-state index in [4.69, 9.17) is 14.2 Å². The number of ether oxygens (including phenoxy) is 3. The molecule has 0 radical (unpaired) electrons. The molecule has 1 amide bonds. The summed E-state index contributed by atoms with van der Waals surface area (Å²) in [7, 11) is 3.51. The Morgan fingerprint density at radius 2 is 1.91 bits per heavy atom. The monoisotopic (exact) mass is 450 g/mol. The maximum absolute atomic E-state index is 12.6. The molecule has 0 atom stereocenters. The second kappa shape index (κ2) is 11.0. The first-order chi connectivity index (χ1) is 16.1. The van der Waals surface area contributed by atoms with Crippen molar-refractivity contribution in [3.8, 4) is 22.8 Å². The van der Waals surface area contributed by atoms with Crippen LogP contribution in [0.15, 0.2) is 54.7 Å². The highest BCUT2D eigenvalue weighted by Gasteiger charge is 2.15. The van der Waals surface area contributed by atoms with Gasteiger partial charge in [-0.05, 0) is 42.0 Å². The lowest BCUT2D eigenvalue weighted by Gasteiger charge is -2.26. The van der Waals surface area contributed by atoms with Gasteiger partial charge in [-0.15, -0.1) is 0 Å². The number of rotatable bonds is 9. The van der Waals surface area contributed by atoms with Crippen molar-refractivity contribution in [1.29, 1.82) is 0 Å². The Balaban J connectivity index is 1.44. The lowest BCUT2D eigenvalue weighted by Crippen LogP contribution is -2.38. The maximum Gasteiger partial charge on any atom is 0.228 e. The molecule has 174 valence electrons. The van der Waals surface area contributed by atoms with Crippen LogP contribution >= 0.6 is 0 Å². The van der Waals surface area contributed by atoms with Gasteiger partial charge in [0.25, 0.3) is 0 Å². The lowest BCUT2D eigenvalue weighted by molar-refractivity contribution is -0.115. The van der Waals surface area contributed by atoms with E-state index in [-0.39, 0.29) is 12.3 Å². The molecule has 0 aliphatic carbocycles. The summed E-state index contributed by atoms with van der Waals surface area (Å²) in [5.74, 6) is 1.45. The van der Waals surface area contributed by atoms with Crippen molar-refractivity contribution in [3.05, 3.63) is 60.3 Å². The second-order valence-electron chi connectivity index (χ2n) is 7.93. The molecule has 8 heteroatoms. The van der Waals surface area contributed by atoms with Crippen LogP contribution in [0, 0.1) is 0 Å². The normalized spacial score (nSPS) is 14.1. The van der Waals surface area contributed by atoms with E-state index in [0.717, 1.165) is 61.2 Å². The molecule has 1 aliphatic rings. The van der Waals surface area contributed by atoms with E-state index in [9.17, 15) is 4.79 Å². The lowest BCUT2D eigenvalue weighted by atomic mass is 10.1. The fourth-order valence-electron chi connectivity index (χ4n) is 3.82. The number of anilines is 1. The summed E-state index contributed by atoms with van der Waals surface area (Å²) in [6.45, 7) is 4.81. The molecule has 1 aromatic heterocycles. The fourth-order valence-corrected chi connectivity index (χ4v) is 3.82. The molecule has 1 fully saturated rings. The van der Waals surface area contributed by atoms with Gasteiger partial charge in [0.1, 0.15) is 18.1 Å². The van der Waals surface area contributed by atoms with Gasteiger partial charge in [-0.3, -0.25) is 14.4 Å². The first-order valence-corrected chi connectivity index (χ1v) is 11.1. The molecule has 8 nitrogen and oxygen atoms in total. The number of aryl methyl sites for hydroxylation is 1. The predicted molar refractivity (Wildman–Crippen MR) is 127 cm³/mol. The third-order valence-electron chi connectivity index (χ3n) is 5.65. The minimum atomic E-state index is -0.0860. The van der Waals surface area contributed by atoms with Gasteiger partial charge >= 0.3 is 0 Å². The molecule has 33 heavy (non-hydrogen) atoms. The van der Waals surface area contributed by atoms with Crippen molar-refractivity contribution < 1.29 is 19.0 Å². The zero-order chi connectivity index (χ0) is 23.0. The molecule has 0 unspecified atom stereocenters.